The third-order valence-electron chi connectivity index (χ3n) is 5.70. The predicted octanol–water partition coefficient (Wildman–Crippen LogP) is 7.23. The molecule has 2 N–H and O–H groups in total. The fourth-order valence-corrected chi connectivity index (χ4v) is 5.39. The lowest BCUT2D eigenvalue weighted by Gasteiger charge is -2.14. The van der Waals surface area contributed by atoms with E-state index < -0.39 is 0 Å². The Morgan fingerprint density at radius 2 is 1.83 bits per heavy atom. The summed E-state index contributed by atoms with van der Waals surface area (Å²) in [6.07, 6.45) is 5.44. The van der Waals surface area contributed by atoms with Gasteiger partial charge in [0.15, 0.2) is 5.50 Å². The second-order valence-electron chi connectivity index (χ2n) is 8.43. The molecule has 1 atom stereocenters. The lowest BCUT2D eigenvalue weighted by molar-refractivity contribution is -0.116. The summed E-state index contributed by atoms with van der Waals surface area (Å²) in [5, 5.41) is 6.38. The SMILES string of the molecule is C=CCc1cc(/C=C2\S[C@@H](Nc3ccc(CC)cc3)NC2=O)cc(Br)c1OCc1ccc(C)cc1. The van der Waals surface area contributed by atoms with Gasteiger partial charge in [0.25, 0.3) is 5.91 Å². The van der Waals surface area contributed by atoms with E-state index in [0.717, 1.165) is 39.0 Å². The van der Waals surface area contributed by atoms with Crippen molar-refractivity contribution in [1.82, 2.24) is 5.32 Å². The largest absolute Gasteiger partial charge is 0.487 e. The molecular weight excluding hydrogens is 520 g/mol. The van der Waals surface area contributed by atoms with Gasteiger partial charge >= 0.3 is 0 Å². The number of amides is 1. The van der Waals surface area contributed by atoms with Crippen molar-refractivity contribution in [2.45, 2.75) is 38.8 Å². The molecule has 0 aromatic heterocycles. The number of hydrogen-bond acceptors (Lipinski definition) is 4. The zero-order valence-corrected chi connectivity index (χ0v) is 22.3. The standard InChI is InChI=1S/C29H29BrN2O2S/c1-4-6-23-15-22(16-25(30)27(23)34-18-21-9-7-19(3)8-10-21)17-26-28(33)32-29(35-26)31-24-13-11-20(5-2)12-14-24/h4,7-17,29,31H,1,5-6,18H2,2-3H3,(H,32,33)/b26-17-/t29-/m0/s1. The lowest BCUT2D eigenvalue weighted by Crippen LogP contribution is -2.30. The van der Waals surface area contributed by atoms with Crippen LogP contribution in [0.2, 0.25) is 0 Å². The molecule has 0 spiro atoms. The molecule has 4 rings (SSSR count). The van der Waals surface area contributed by atoms with Crippen molar-refractivity contribution in [1.29, 1.82) is 0 Å². The first kappa shape index (κ1) is 25.1. The molecule has 3 aromatic carbocycles. The van der Waals surface area contributed by atoms with Crippen LogP contribution in [0.3, 0.4) is 0 Å². The first-order valence-corrected chi connectivity index (χ1v) is 13.3. The van der Waals surface area contributed by atoms with Gasteiger partial charge in [-0.3, -0.25) is 4.79 Å². The second-order valence-corrected chi connectivity index (χ2v) is 10.4. The fraction of sp³-hybridized carbons (Fsp3) is 0.207. The summed E-state index contributed by atoms with van der Waals surface area (Å²) in [6, 6.07) is 20.7. The van der Waals surface area contributed by atoms with Gasteiger partial charge in [-0.05, 0) is 88.3 Å². The van der Waals surface area contributed by atoms with Crippen LogP contribution in [-0.4, -0.2) is 11.4 Å². The molecule has 35 heavy (non-hydrogen) atoms. The Balaban J connectivity index is 1.49. The van der Waals surface area contributed by atoms with Gasteiger partial charge in [0.2, 0.25) is 0 Å². The number of anilines is 1. The molecule has 4 nitrogen and oxygen atoms in total. The summed E-state index contributed by atoms with van der Waals surface area (Å²) in [4.78, 5) is 13.3. The van der Waals surface area contributed by atoms with E-state index in [1.165, 1.54) is 22.9 Å². The van der Waals surface area contributed by atoms with E-state index in [4.69, 9.17) is 4.74 Å². The van der Waals surface area contributed by atoms with E-state index in [1.807, 2.05) is 30.4 Å². The second kappa shape index (κ2) is 11.6. The fourth-order valence-electron chi connectivity index (χ4n) is 3.77. The minimum absolute atomic E-state index is 0.0845. The number of halogens is 1. The van der Waals surface area contributed by atoms with Crippen LogP contribution in [-0.2, 0) is 24.2 Å². The molecule has 0 radical (unpaired) electrons. The minimum Gasteiger partial charge on any atom is -0.487 e. The molecule has 1 heterocycles. The van der Waals surface area contributed by atoms with E-state index >= 15 is 0 Å². The van der Waals surface area contributed by atoms with Gasteiger partial charge in [-0.15, -0.1) is 6.58 Å². The van der Waals surface area contributed by atoms with Crippen LogP contribution < -0.4 is 15.4 Å². The number of benzene rings is 3. The van der Waals surface area contributed by atoms with Crippen LogP contribution in [0.5, 0.6) is 5.75 Å². The molecule has 3 aromatic rings. The smallest absolute Gasteiger partial charge is 0.260 e. The number of nitrogens with one attached hydrogen (secondary N) is 2. The van der Waals surface area contributed by atoms with Crippen molar-refractivity contribution in [3.63, 3.8) is 0 Å². The van der Waals surface area contributed by atoms with Crippen molar-refractivity contribution in [3.8, 4) is 5.75 Å². The summed E-state index contributed by atoms with van der Waals surface area (Å²) >= 11 is 5.16. The van der Waals surface area contributed by atoms with Crippen LogP contribution >= 0.6 is 27.7 Å². The van der Waals surface area contributed by atoms with Gasteiger partial charge in [-0.1, -0.05) is 66.7 Å². The molecule has 1 saturated heterocycles. The number of thioether (sulfide) groups is 1. The van der Waals surface area contributed by atoms with E-state index in [9.17, 15) is 4.79 Å². The summed E-state index contributed by atoms with van der Waals surface area (Å²) < 4.78 is 7.03. The molecule has 0 saturated carbocycles. The van der Waals surface area contributed by atoms with Crippen LogP contribution in [0, 0.1) is 6.92 Å². The Kier molecular flexibility index (Phi) is 8.37. The van der Waals surface area contributed by atoms with Crippen LogP contribution in [0.4, 0.5) is 5.69 Å². The zero-order valence-electron chi connectivity index (χ0n) is 19.9. The highest BCUT2D eigenvalue weighted by Crippen LogP contribution is 2.35. The summed E-state index contributed by atoms with van der Waals surface area (Å²) in [5.74, 6) is 0.713. The Morgan fingerprint density at radius 3 is 2.51 bits per heavy atom. The van der Waals surface area contributed by atoms with Gasteiger partial charge in [0.1, 0.15) is 12.4 Å². The van der Waals surface area contributed by atoms with Gasteiger partial charge in [-0.2, -0.15) is 0 Å². The van der Waals surface area contributed by atoms with E-state index in [2.05, 4.69) is 89.5 Å². The molecule has 6 heteroatoms. The predicted molar refractivity (Wildman–Crippen MR) is 150 cm³/mol. The first-order chi connectivity index (χ1) is 16.9. The Hall–Kier alpha value is -2.96. The molecule has 1 fully saturated rings. The quantitative estimate of drug-likeness (QED) is 0.219. The number of ether oxygens (including phenoxy) is 1. The van der Waals surface area contributed by atoms with E-state index in [-0.39, 0.29) is 11.4 Å². The molecular formula is C29H29BrN2O2S. The van der Waals surface area contributed by atoms with Crippen LogP contribution in [0.1, 0.15) is 34.7 Å². The van der Waals surface area contributed by atoms with Crippen molar-refractivity contribution < 1.29 is 9.53 Å². The summed E-state index contributed by atoms with van der Waals surface area (Å²) in [5.41, 5.74) is 6.33. The van der Waals surface area contributed by atoms with Crippen molar-refractivity contribution in [2.75, 3.05) is 5.32 Å². The van der Waals surface area contributed by atoms with Crippen LogP contribution in [0.25, 0.3) is 6.08 Å². The normalized spacial score (nSPS) is 16.3. The highest BCUT2D eigenvalue weighted by atomic mass is 79.9. The van der Waals surface area contributed by atoms with Crippen molar-refractivity contribution >= 4 is 45.4 Å². The number of allylic oxidation sites excluding steroid dienone is 1. The molecule has 180 valence electrons. The third kappa shape index (κ3) is 6.59. The van der Waals surface area contributed by atoms with E-state index in [0.29, 0.717) is 17.9 Å². The molecule has 0 bridgehead atoms. The summed E-state index contributed by atoms with van der Waals surface area (Å²) in [6.45, 7) is 8.58. The zero-order chi connectivity index (χ0) is 24.8. The topological polar surface area (TPSA) is 50.4 Å². The maximum Gasteiger partial charge on any atom is 0.260 e. The first-order valence-electron chi connectivity index (χ1n) is 11.6. The molecule has 0 unspecified atom stereocenters. The number of rotatable bonds is 9. The molecule has 1 amide bonds. The van der Waals surface area contributed by atoms with Crippen molar-refractivity contribution in [3.05, 3.63) is 111 Å². The van der Waals surface area contributed by atoms with Crippen molar-refractivity contribution in [2.24, 2.45) is 0 Å². The van der Waals surface area contributed by atoms with Gasteiger partial charge in [-0.25, -0.2) is 0 Å². The van der Waals surface area contributed by atoms with Crippen LogP contribution in [0.15, 0.2) is 82.7 Å². The van der Waals surface area contributed by atoms with Gasteiger partial charge in [0.05, 0.1) is 9.38 Å². The molecule has 1 aliphatic heterocycles. The highest BCUT2D eigenvalue weighted by Gasteiger charge is 2.27. The highest BCUT2D eigenvalue weighted by molar-refractivity contribution is 9.10. The Bertz CT molecular complexity index is 1240. The maximum atomic E-state index is 12.6. The van der Waals surface area contributed by atoms with Gasteiger partial charge in [0, 0.05) is 5.69 Å². The lowest BCUT2D eigenvalue weighted by atomic mass is 10.1. The number of hydrogen-bond donors (Lipinski definition) is 2. The Morgan fingerprint density at radius 1 is 1.11 bits per heavy atom. The third-order valence-corrected chi connectivity index (χ3v) is 7.32. The number of carbonyl (C=O) groups is 1. The average molecular weight is 550 g/mol. The number of carbonyl (C=O) groups excluding carboxylic acids is 1. The monoisotopic (exact) mass is 548 g/mol. The van der Waals surface area contributed by atoms with Gasteiger partial charge < -0.3 is 15.4 Å². The van der Waals surface area contributed by atoms with E-state index in [1.54, 1.807) is 0 Å². The minimum atomic E-state index is -0.213. The Labute approximate surface area is 220 Å². The molecule has 1 aliphatic rings. The summed E-state index contributed by atoms with van der Waals surface area (Å²) in [7, 11) is 0. The number of aryl methyl sites for hydroxylation is 2. The molecule has 0 aliphatic carbocycles. The average Bonchev–Trinajstić information content (AvgIpc) is 3.18. The maximum absolute atomic E-state index is 12.6.